The second kappa shape index (κ2) is 8.07. The summed E-state index contributed by atoms with van der Waals surface area (Å²) in [7, 11) is 0. The number of H-pyrrole nitrogens is 1. The Bertz CT molecular complexity index is 1270. The summed E-state index contributed by atoms with van der Waals surface area (Å²) in [4.78, 5) is 7.43. The van der Waals surface area contributed by atoms with Crippen molar-refractivity contribution in [3.8, 4) is 16.9 Å². The maximum absolute atomic E-state index is 12.7. The van der Waals surface area contributed by atoms with E-state index in [2.05, 4.69) is 14.7 Å². The van der Waals surface area contributed by atoms with Crippen molar-refractivity contribution in [3.63, 3.8) is 0 Å². The van der Waals surface area contributed by atoms with E-state index < -0.39 is 18.1 Å². The largest absolute Gasteiger partial charge is 0.573 e. The minimum atomic E-state index is -4.82. The van der Waals surface area contributed by atoms with Crippen LogP contribution >= 0.6 is 0 Å². The Hall–Kier alpha value is -3.75. The van der Waals surface area contributed by atoms with Gasteiger partial charge in [0.2, 0.25) is 0 Å². The van der Waals surface area contributed by atoms with E-state index in [1.165, 1.54) is 30.3 Å². The van der Waals surface area contributed by atoms with Crippen molar-refractivity contribution >= 4 is 23.2 Å². The van der Waals surface area contributed by atoms with Crippen LogP contribution in [0.3, 0.4) is 0 Å². The van der Waals surface area contributed by atoms with Gasteiger partial charge in [-0.2, -0.15) is 13.2 Å². The maximum Gasteiger partial charge on any atom is 0.573 e. The molecule has 0 spiro atoms. The fourth-order valence-electron chi connectivity index (χ4n) is 3.15. The van der Waals surface area contributed by atoms with Gasteiger partial charge in [-0.1, -0.05) is 42.5 Å². The van der Waals surface area contributed by atoms with Crippen molar-refractivity contribution in [2.75, 3.05) is 0 Å². The number of ether oxygens (including phenoxy) is 1. The Kier molecular flexibility index (Phi) is 5.41. The number of para-hydroxylation sites is 1. The predicted molar refractivity (Wildman–Crippen MR) is 109 cm³/mol. The number of halogens is 6. The van der Waals surface area contributed by atoms with Crippen LogP contribution < -0.4 is 4.74 Å². The van der Waals surface area contributed by atoms with Crippen LogP contribution in [-0.4, -0.2) is 16.3 Å². The number of hydrogen-bond donors (Lipinski definition) is 1. The smallest absolute Gasteiger partial charge is 0.405 e. The Morgan fingerprint density at radius 2 is 1.53 bits per heavy atom. The normalized spacial score (nSPS) is 12.6. The Balaban J connectivity index is 1.60. The zero-order valence-electron chi connectivity index (χ0n) is 16.1. The molecule has 1 heterocycles. The highest BCUT2D eigenvalue weighted by Crippen LogP contribution is 2.35. The van der Waals surface area contributed by atoms with Crippen molar-refractivity contribution < 1.29 is 31.1 Å². The molecule has 3 aromatic carbocycles. The number of alkyl halides is 6. The minimum absolute atomic E-state index is 0.261. The molecule has 0 bridgehead atoms. The molecule has 0 aliphatic carbocycles. The molecule has 0 aliphatic heterocycles. The molecular formula is C23H14F6N2O. The second-order valence-electron chi connectivity index (χ2n) is 6.85. The van der Waals surface area contributed by atoms with Gasteiger partial charge >= 0.3 is 12.5 Å². The third-order valence-electron chi connectivity index (χ3n) is 4.60. The van der Waals surface area contributed by atoms with E-state index in [4.69, 9.17) is 0 Å². The molecule has 0 aliphatic rings. The third-order valence-corrected chi connectivity index (χ3v) is 4.60. The summed E-state index contributed by atoms with van der Waals surface area (Å²) in [6, 6.07) is 15.4. The Morgan fingerprint density at radius 3 is 2.22 bits per heavy atom. The zero-order chi connectivity index (χ0) is 22.9. The summed E-state index contributed by atoms with van der Waals surface area (Å²) in [5.41, 5.74) is 1.73. The molecule has 0 atom stereocenters. The average Bonchev–Trinajstić information content (AvgIpc) is 3.13. The predicted octanol–water partition coefficient (Wildman–Crippen LogP) is 7.32. The molecule has 1 aromatic heterocycles. The third kappa shape index (κ3) is 4.93. The van der Waals surface area contributed by atoms with E-state index in [0.717, 1.165) is 12.1 Å². The van der Waals surface area contributed by atoms with Crippen molar-refractivity contribution in [1.29, 1.82) is 0 Å². The Labute approximate surface area is 178 Å². The quantitative estimate of drug-likeness (QED) is 0.332. The molecule has 4 aromatic rings. The van der Waals surface area contributed by atoms with Crippen molar-refractivity contribution in [1.82, 2.24) is 9.97 Å². The molecule has 0 fully saturated rings. The van der Waals surface area contributed by atoms with Gasteiger partial charge in [-0.05, 0) is 47.5 Å². The van der Waals surface area contributed by atoms with Gasteiger partial charge in [0.15, 0.2) is 0 Å². The van der Waals surface area contributed by atoms with Crippen LogP contribution in [0, 0.1) is 0 Å². The standard InChI is InChI=1S/C23H14F6N2O/c24-22(25,26)16-9-5-14(6-10-16)7-12-21-30-18-11-8-15(13-19(18)31-21)17-3-1-2-4-20(17)32-23(27,28)29/h1-13H,(H,30,31)/b12-7+. The highest BCUT2D eigenvalue weighted by atomic mass is 19.4. The van der Waals surface area contributed by atoms with Crippen molar-refractivity contribution in [2.45, 2.75) is 12.5 Å². The first-order chi connectivity index (χ1) is 15.1. The minimum Gasteiger partial charge on any atom is -0.405 e. The van der Waals surface area contributed by atoms with E-state index in [1.54, 1.807) is 36.4 Å². The van der Waals surface area contributed by atoms with Crippen LogP contribution in [0.2, 0.25) is 0 Å². The first-order valence-electron chi connectivity index (χ1n) is 9.29. The highest BCUT2D eigenvalue weighted by molar-refractivity contribution is 5.85. The van der Waals surface area contributed by atoms with Gasteiger partial charge in [-0.15, -0.1) is 13.2 Å². The van der Waals surface area contributed by atoms with Crippen LogP contribution in [-0.2, 0) is 6.18 Å². The molecule has 1 N–H and O–H groups in total. The number of benzene rings is 3. The van der Waals surface area contributed by atoms with Gasteiger partial charge < -0.3 is 9.72 Å². The van der Waals surface area contributed by atoms with Gasteiger partial charge in [0.25, 0.3) is 0 Å². The lowest BCUT2D eigenvalue weighted by atomic mass is 10.0. The highest BCUT2D eigenvalue weighted by Gasteiger charge is 2.32. The molecule has 32 heavy (non-hydrogen) atoms. The molecule has 9 heteroatoms. The lowest BCUT2D eigenvalue weighted by molar-refractivity contribution is -0.274. The van der Waals surface area contributed by atoms with E-state index in [1.807, 2.05) is 0 Å². The number of nitrogens with zero attached hydrogens (tertiary/aromatic N) is 1. The van der Waals surface area contributed by atoms with E-state index in [9.17, 15) is 26.3 Å². The summed E-state index contributed by atoms with van der Waals surface area (Å²) in [5.74, 6) is 0.120. The van der Waals surface area contributed by atoms with Crippen molar-refractivity contribution in [2.24, 2.45) is 0 Å². The lowest BCUT2D eigenvalue weighted by Gasteiger charge is -2.13. The van der Waals surface area contributed by atoms with E-state index >= 15 is 0 Å². The summed E-state index contributed by atoms with van der Waals surface area (Å²) in [6.45, 7) is 0. The second-order valence-corrected chi connectivity index (χ2v) is 6.85. The molecule has 0 saturated heterocycles. The molecule has 4 rings (SSSR count). The molecule has 0 radical (unpaired) electrons. The topological polar surface area (TPSA) is 37.9 Å². The van der Waals surface area contributed by atoms with Gasteiger partial charge in [0.05, 0.1) is 16.6 Å². The van der Waals surface area contributed by atoms with E-state index in [-0.39, 0.29) is 11.3 Å². The maximum atomic E-state index is 12.7. The van der Waals surface area contributed by atoms with Crippen molar-refractivity contribution in [3.05, 3.63) is 83.7 Å². The molecule has 164 valence electrons. The SMILES string of the molecule is FC(F)(F)Oc1ccccc1-c1ccc2[nH]c(/C=C/c3ccc(C(F)(F)F)cc3)nc2c1. The number of imidazole rings is 1. The number of fused-ring (bicyclic) bond motifs is 1. The number of hydrogen-bond acceptors (Lipinski definition) is 2. The number of aromatic nitrogens is 2. The average molecular weight is 448 g/mol. The fourth-order valence-corrected chi connectivity index (χ4v) is 3.15. The lowest BCUT2D eigenvalue weighted by Crippen LogP contribution is -2.17. The molecular weight excluding hydrogens is 434 g/mol. The van der Waals surface area contributed by atoms with Gasteiger partial charge in [0, 0.05) is 5.56 Å². The number of nitrogens with one attached hydrogen (secondary N) is 1. The summed E-state index contributed by atoms with van der Waals surface area (Å²) < 4.78 is 80.2. The first-order valence-corrected chi connectivity index (χ1v) is 9.29. The molecule has 0 saturated carbocycles. The Morgan fingerprint density at radius 1 is 0.812 bits per heavy atom. The zero-order valence-corrected chi connectivity index (χ0v) is 16.1. The number of rotatable bonds is 4. The van der Waals surface area contributed by atoms with Crippen LogP contribution in [0.5, 0.6) is 5.75 Å². The molecule has 3 nitrogen and oxygen atoms in total. The van der Waals surface area contributed by atoms with E-state index in [0.29, 0.717) is 28.0 Å². The fraction of sp³-hybridized carbons (Fsp3) is 0.0870. The summed E-state index contributed by atoms with van der Waals surface area (Å²) in [5, 5.41) is 0. The van der Waals surface area contributed by atoms with Gasteiger partial charge in [0.1, 0.15) is 11.6 Å². The van der Waals surface area contributed by atoms with Crippen LogP contribution in [0.25, 0.3) is 34.3 Å². The summed E-state index contributed by atoms with van der Waals surface area (Å²) in [6.07, 6.45) is -6.01. The van der Waals surface area contributed by atoms with Crippen LogP contribution in [0.1, 0.15) is 17.0 Å². The van der Waals surface area contributed by atoms with Gasteiger partial charge in [-0.3, -0.25) is 0 Å². The molecule has 0 unspecified atom stereocenters. The number of aromatic amines is 1. The monoisotopic (exact) mass is 448 g/mol. The first kappa shape index (κ1) is 21.5. The van der Waals surface area contributed by atoms with Gasteiger partial charge in [-0.25, -0.2) is 4.98 Å². The summed E-state index contributed by atoms with van der Waals surface area (Å²) >= 11 is 0. The molecule has 0 amide bonds. The van der Waals surface area contributed by atoms with Crippen LogP contribution in [0.4, 0.5) is 26.3 Å². The van der Waals surface area contributed by atoms with Crippen LogP contribution in [0.15, 0.2) is 66.7 Å².